The quantitative estimate of drug-likeness (QED) is 0.909. The molecule has 1 aliphatic rings. The Morgan fingerprint density at radius 2 is 2.36 bits per heavy atom. The van der Waals surface area contributed by atoms with Crippen molar-refractivity contribution in [2.75, 3.05) is 20.8 Å². The zero-order valence-corrected chi connectivity index (χ0v) is 13.3. The van der Waals surface area contributed by atoms with E-state index in [1.165, 1.54) is 18.1 Å². The predicted octanol–water partition coefficient (Wildman–Crippen LogP) is 2.54. The lowest BCUT2D eigenvalue weighted by Gasteiger charge is -2.24. The fraction of sp³-hybridized carbons (Fsp3) is 0.562. The number of nitrogens with one attached hydrogen (secondary N) is 1. The summed E-state index contributed by atoms with van der Waals surface area (Å²) in [7, 11) is 3.10. The lowest BCUT2D eigenvalue weighted by Crippen LogP contribution is -2.46. The molecule has 1 aliphatic heterocycles. The molecule has 1 saturated heterocycles. The van der Waals surface area contributed by atoms with Crippen LogP contribution >= 0.6 is 0 Å². The van der Waals surface area contributed by atoms with Crippen LogP contribution in [0.1, 0.15) is 25.3 Å². The molecule has 2 rings (SSSR count). The van der Waals surface area contributed by atoms with E-state index < -0.39 is 5.82 Å². The highest BCUT2D eigenvalue weighted by Gasteiger charge is 2.24. The first-order chi connectivity index (χ1) is 10.5. The van der Waals surface area contributed by atoms with Gasteiger partial charge in [-0.1, -0.05) is 6.07 Å². The highest BCUT2D eigenvalue weighted by atomic mass is 19.1. The van der Waals surface area contributed by atoms with Crippen molar-refractivity contribution in [3.05, 3.63) is 29.6 Å². The van der Waals surface area contributed by atoms with Crippen molar-refractivity contribution in [3.63, 3.8) is 0 Å². The van der Waals surface area contributed by atoms with Gasteiger partial charge in [-0.3, -0.25) is 0 Å². The Morgan fingerprint density at radius 3 is 2.95 bits per heavy atom. The monoisotopic (exact) mass is 310 g/mol. The molecule has 1 heterocycles. The molecule has 1 fully saturated rings. The van der Waals surface area contributed by atoms with Gasteiger partial charge >= 0.3 is 6.03 Å². The van der Waals surface area contributed by atoms with E-state index in [0.29, 0.717) is 12.1 Å². The van der Waals surface area contributed by atoms with Crippen molar-refractivity contribution < 1.29 is 18.7 Å². The SMILES string of the molecule is COc1ccc(CN(C)C(=O)NC(C)C2CCCO2)cc1F. The predicted molar refractivity (Wildman–Crippen MR) is 81.4 cm³/mol. The maximum absolute atomic E-state index is 13.7. The molecule has 0 spiro atoms. The summed E-state index contributed by atoms with van der Waals surface area (Å²) in [6.45, 7) is 3.02. The van der Waals surface area contributed by atoms with E-state index in [2.05, 4.69) is 5.32 Å². The number of carbonyl (C=O) groups excluding carboxylic acids is 1. The second-order valence-electron chi connectivity index (χ2n) is 5.61. The third-order valence-corrected chi connectivity index (χ3v) is 3.86. The largest absolute Gasteiger partial charge is 0.494 e. The Labute approximate surface area is 130 Å². The van der Waals surface area contributed by atoms with Gasteiger partial charge in [0.05, 0.1) is 19.3 Å². The minimum Gasteiger partial charge on any atom is -0.494 e. The van der Waals surface area contributed by atoms with Crippen LogP contribution in [-0.4, -0.2) is 43.8 Å². The number of halogens is 1. The van der Waals surface area contributed by atoms with Crippen molar-refractivity contribution in [2.24, 2.45) is 0 Å². The molecular formula is C16H23FN2O3. The van der Waals surface area contributed by atoms with Crippen LogP contribution in [0.4, 0.5) is 9.18 Å². The summed E-state index contributed by atoms with van der Waals surface area (Å²) in [5, 5.41) is 2.92. The number of rotatable bonds is 5. The van der Waals surface area contributed by atoms with Gasteiger partial charge in [0.2, 0.25) is 0 Å². The molecule has 2 unspecified atom stereocenters. The maximum Gasteiger partial charge on any atom is 0.317 e. The highest BCUT2D eigenvalue weighted by Crippen LogP contribution is 2.19. The Morgan fingerprint density at radius 1 is 1.59 bits per heavy atom. The molecule has 5 nitrogen and oxygen atoms in total. The average molecular weight is 310 g/mol. The number of hydrogen-bond donors (Lipinski definition) is 1. The summed E-state index contributed by atoms with van der Waals surface area (Å²) in [5.74, 6) is -0.232. The van der Waals surface area contributed by atoms with Crippen molar-refractivity contribution in [2.45, 2.75) is 38.5 Å². The minimum atomic E-state index is -0.429. The molecule has 1 N–H and O–H groups in total. The van der Waals surface area contributed by atoms with Crippen molar-refractivity contribution in [3.8, 4) is 5.75 Å². The van der Waals surface area contributed by atoms with E-state index in [-0.39, 0.29) is 23.9 Å². The first kappa shape index (κ1) is 16.5. The normalized spacial score (nSPS) is 18.8. The molecule has 2 atom stereocenters. The third kappa shape index (κ3) is 4.10. The Bertz CT molecular complexity index is 518. The van der Waals surface area contributed by atoms with Gasteiger partial charge in [-0.2, -0.15) is 0 Å². The van der Waals surface area contributed by atoms with Crippen molar-refractivity contribution in [1.29, 1.82) is 0 Å². The third-order valence-electron chi connectivity index (χ3n) is 3.86. The molecule has 1 aromatic rings. The summed E-state index contributed by atoms with van der Waals surface area (Å²) in [5.41, 5.74) is 0.709. The Balaban J connectivity index is 1.89. The van der Waals surface area contributed by atoms with Gasteiger partial charge in [0.1, 0.15) is 0 Å². The van der Waals surface area contributed by atoms with E-state index >= 15 is 0 Å². The lowest BCUT2D eigenvalue weighted by molar-refractivity contribution is 0.0838. The summed E-state index contributed by atoms with van der Waals surface area (Å²) in [6.07, 6.45) is 2.08. The Kier molecular flexibility index (Phi) is 5.60. The van der Waals surface area contributed by atoms with Crippen LogP contribution in [-0.2, 0) is 11.3 Å². The molecular weight excluding hydrogens is 287 g/mol. The van der Waals surface area contributed by atoms with Crippen molar-refractivity contribution in [1.82, 2.24) is 10.2 Å². The molecule has 0 bridgehead atoms. The number of benzene rings is 1. The van der Waals surface area contributed by atoms with Gasteiger partial charge in [-0.25, -0.2) is 9.18 Å². The van der Waals surface area contributed by atoms with E-state index in [1.54, 1.807) is 19.2 Å². The van der Waals surface area contributed by atoms with Gasteiger partial charge in [0.25, 0.3) is 0 Å². The number of urea groups is 1. The zero-order valence-electron chi connectivity index (χ0n) is 13.3. The second-order valence-corrected chi connectivity index (χ2v) is 5.61. The van der Waals surface area contributed by atoms with Crippen LogP contribution in [0.5, 0.6) is 5.75 Å². The maximum atomic E-state index is 13.7. The first-order valence-electron chi connectivity index (χ1n) is 7.47. The van der Waals surface area contributed by atoms with Gasteiger partial charge in [0, 0.05) is 20.2 Å². The smallest absolute Gasteiger partial charge is 0.317 e. The molecule has 1 aromatic carbocycles. The van der Waals surface area contributed by atoms with E-state index in [0.717, 1.165) is 19.4 Å². The van der Waals surface area contributed by atoms with E-state index in [9.17, 15) is 9.18 Å². The number of amides is 2. The van der Waals surface area contributed by atoms with Crippen molar-refractivity contribution >= 4 is 6.03 Å². The first-order valence-corrected chi connectivity index (χ1v) is 7.47. The van der Waals surface area contributed by atoms with Crippen LogP contribution in [0.15, 0.2) is 18.2 Å². The van der Waals surface area contributed by atoms with E-state index in [1.807, 2.05) is 6.92 Å². The van der Waals surface area contributed by atoms with Crippen LogP contribution < -0.4 is 10.1 Å². The molecule has 0 aliphatic carbocycles. The van der Waals surface area contributed by atoms with Crippen LogP contribution in [0.3, 0.4) is 0 Å². The minimum absolute atomic E-state index is 0.0370. The molecule has 2 amide bonds. The molecule has 22 heavy (non-hydrogen) atoms. The summed E-state index contributed by atoms with van der Waals surface area (Å²) in [6, 6.07) is 4.46. The van der Waals surface area contributed by atoms with Gasteiger partial charge < -0.3 is 19.7 Å². The topological polar surface area (TPSA) is 50.8 Å². The number of ether oxygens (including phenoxy) is 2. The molecule has 122 valence electrons. The van der Waals surface area contributed by atoms with Crippen LogP contribution in [0.2, 0.25) is 0 Å². The van der Waals surface area contributed by atoms with Crippen LogP contribution in [0.25, 0.3) is 0 Å². The number of methoxy groups -OCH3 is 1. The zero-order chi connectivity index (χ0) is 16.1. The molecule has 0 radical (unpaired) electrons. The Hall–Kier alpha value is -1.82. The average Bonchev–Trinajstić information content (AvgIpc) is 3.01. The molecule has 6 heteroatoms. The standard InChI is InChI=1S/C16H23FN2O3/c1-11(14-5-4-8-22-14)18-16(20)19(2)10-12-6-7-15(21-3)13(17)9-12/h6-7,9,11,14H,4-5,8,10H2,1-3H3,(H,18,20). The summed E-state index contributed by atoms with van der Waals surface area (Å²) < 4.78 is 24.1. The van der Waals surface area contributed by atoms with Gasteiger partial charge in [-0.05, 0) is 37.5 Å². The van der Waals surface area contributed by atoms with Gasteiger partial charge in [-0.15, -0.1) is 0 Å². The van der Waals surface area contributed by atoms with E-state index in [4.69, 9.17) is 9.47 Å². The fourth-order valence-corrected chi connectivity index (χ4v) is 2.55. The number of hydrogen-bond acceptors (Lipinski definition) is 3. The molecule has 0 saturated carbocycles. The summed E-state index contributed by atoms with van der Waals surface area (Å²) in [4.78, 5) is 13.7. The highest BCUT2D eigenvalue weighted by molar-refractivity contribution is 5.74. The fourth-order valence-electron chi connectivity index (χ4n) is 2.55. The second kappa shape index (κ2) is 7.45. The van der Waals surface area contributed by atoms with Crippen LogP contribution in [0, 0.1) is 5.82 Å². The number of carbonyl (C=O) groups is 1. The lowest BCUT2D eigenvalue weighted by atomic mass is 10.1. The summed E-state index contributed by atoms with van der Waals surface area (Å²) >= 11 is 0. The van der Waals surface area contributed by atoms with Gasteiger partial charge in [0.15, 0.2) is 11.6 Å². The molecule has 0 aromatic heterocycles. The number of nitrogens with zero attached hydrogens (tertiary/aromatic N) is 1.